The Labute approximate surface area is 133 Å². The molecule has 2 aromatic rings. The van der Waals surface area contributed by atoms with E-state index in [0.717, 1.165) is 5.56 Å². The van der Waals surface area contributed by atoms with E-state index in [1.165, 1.54) is 17.0 Å². The first kappa shape index (κ1) is 15.7. The van der Waals surface area contributed by atoms with Crippen LogP contribution in [0.15, 0.2) is 34.7 Å². The number of carbonyl (C=O) groups excluding carboxylic acids is 1. The largest absolute Gasteiger partial charge is 0.453 e. The van der Waals surface area contributed by atoms with Gasteiger partial charge in [-0.2, -0.15) is 0 Å². The Morgan fingerprint density at radius 1 is 1.39 bits per heavy atom. The first-order chi connectivity index (χ1) is 11.0. The van der Waals surface area contributed by atoms with Gasteiger partial charge < -0.3 is 19.5 Å². The van der Waals surface area contributed by atoms with Crippen molar-refractivity contribution in [1.82, 2.24) is 4.90 Å². The molecule has 1 aromatic carbocycles. The quantitative estimate of drug-likeness (QED) is 0.909. The summed E-state index contributed by atoms with van der Waals surface area (Å²) < 4.78 is 18.5. The van der Waals surface area contributed by atoms with Gasteiger partial charge in [-0.05, 0) is 37.1 Å². The van der Waals surface area contributed by atoms with E-state index in [9.17, 15) is 14.3 Å². The lowest BCUT2D eigenvalue weighted by Crippen LogP contribution is -2.32. The van der Waals surface area contributed by atoms with Gasteiger partial charge in [-0.3, -0.25) is 4.79 Å². The van der Waals surface area contributed by atoms with Gasteiger partial charge in [0.15, 0.2) is 5.76 Å². The van der Waals surface area contributed by atoms with Gasteiger partial charge in [0.05, 0.1) is 12.1 Å². The van der Waals surface area contributed by atoms with E-state index < -0.39 is 6.10 Å². The molecular weight excluding hydrogens is 301 g/mol. The molecule has 0 saturated carbocycles. The molecule has 23 heavy (non-hydrogen) atoms. The Morgan fingerprint density at radius 2 is 2.09 bits per heavy atom. The van der Waals surface area contributed by atoms with Crippen LogP contribution in [0.4, 0.5) is 4.39 Å². The van der Waals surface area contributed by atoms with E-state index in [-0.39, 0.29) is 36.7 Å². The summed E-state index contributed by atoms with van der Waals surface area (Å²) in [6, 6.07) is 7.20. The van der Waals surface area contributed by atoms with Crippen molar-refractivity contribution in [3.63, 3.8) is 0 Å². The maximum Gasteiger partial charge on any atom is 0.290 e. The van der Waals surface area contributed by atoms with Crippen LogP contribution in [0.1, 0.15) is 39.9 Å². The summed E-state index contributed by atoms with van der Waals surface area (Å²) in [7, 11) is 0. The molecule has 1 amide bonds. The molecule has 0 bridgehead atoms. The third kappa shape index (κ3) is 3.00. The van der Waals surface area contributed by atoms with Crippen LogP contribution < -0.4 is 0 Å². The van der Waals surface area contributed by atoms with Crippen molar-refractivity contribution in [3.05, 3.63) is 58.8 Å². The number of aryl methyl sites for hydroxylation is 1. The number of aliphatic hydroxyl groups excluding tert-OH is 2. The van der Waals surface area contributed by atoms with Gasteiger partial charge in [0, 0.05) is 12.1 Å². The smallest absolute Gasteiger partial charge is 0.290 e. The van der Waals surface area contributed by atoms with Crippen molar-refractivity contribution < 1.29 is 23.8 Å². The number of nitrogens with zero attached hydrogens (tertiary/aromatic N) is 1. The van der Waals surface area contributed by atoms with Crippen molar-refractivity contribution in [3.8, 4) is 0 Å². The summed E-state index contributed by atoms with van der Waals surface area (Å²) in [5.41, 5.74) is 1.40. The fourth-order valence-electron chi connectivity index (χ4n) is 3.01. The van der Waals surface area contributed by atoms with Crippen molar-refractivity contribution in [2.24, 2.45) is 0 Å². The van der Waals surface area contributed by atoms with Crippen molar-refractivity contribution in [1.29, 1.82) is 0 Å². The summed E-state index contributed by atoms with van der Waals surface area (Å²) >= 11 is 0. The van der Waals surface area contributed by atoms with Crippen molar-refractivity contribution in [2.75, 3.05) is 6.54 Å². The average molecular weight is 319 g/mol. The van der Waals surface area contributed by atoms with Gasteiger partial charge in [0.2, 0.25) is 0 Å². The molecule has 1 aromatic heterocycles. The lowest BCUT2D eigenvalue weighted by molar-refractivity contribution is 0.0678. The van der Waals surface area contributed by atoms with Crippen molar-refractivity contribution in [2.45, 2.75) is 32.1 Å². The zero-order valence-electron chi connectivity index (χ0n) is 12.7. The first-order valence-electron chi connectivity index (χ1n) is 7.44. The summed E-state index contributed by atoms with van der Waals surface area (Å²) in [6.45, 7) is 1.64. The van der Waals surface area contributed by atoms with Crippen LogP contribution in [0.2, 0.25) is 0 Å². The van der Waals surface area contributed by atoms with Gasteiger partial charge >= 0.3 is 0 Å². The minimum atomic E-state index is -0.637. The number of carbonyl (C=O) groups is 1. The molecular formula is C17H18FNO4. The van der Waals surface area contributed by atoms with Crippen LogP contribution >= 0.6 is 0 Å². The van der Waals surface area contributed by atoms with E-state index in [0.29, 0.717) is 17.7 Å². The highest BCUT2D eigenvalue weighted by atomic mass is 19.1. The molecule has 122 valence electrons. The highest BCUT2D eigenvalue weighted by Gasteiger charge is 2.37. The topological polar surface area (TPSA) is 73.9 Å². The SMILES string of the molecule is Cc1cc(CO)oc1C(=O)N1C[C@H](O)C[C@H]1c1ccc(F)cc1. The molecule has 0 aliphatic carbocycles. The maximum absolute atomic E-state index is 13.1. The van der Waals surface area contributed by atoms with Crippen LogP contribution in [0.5, 0.6) is 0 Å². The molecule has 3 rings (SSSR count). The minimum absolute atomic E-state index is 0.162. The average Bonchev–Trinajstić information content (AvgIpc) is 3.10. The Morgan fingerprint density at radius 3 is 2.70 bits per heavy atom. The predicted molar refractivity (Wildman–Crippen MR) is 80.2 cm³/mol. The number of aliphatic hydroxyl groups is 2. The summed E-state index contributed by atoms with van der Waals surface area (Å²) in [5.74, 6) is -0.202. The number of rotatable bonds is 3. The second-order valence-corrected chi connectivity index (χ2v) is 5.80. The lowest BCUT2D eigenvalue weighted by atomic mass is 10.0. The predicted octanol–water partition coefficient (Wildman–Crippen LogP) is 2.17. The van der Waals surface area contributed by atoms with E-state index in [1.807, 2.05) is 0 Å². The number of likely N-dealkylation sites (tertiary alicyclic amines) is 1. The third-order valence-corrected chi connectivity index (χ3v) is 4.11. The fraction of sp³-hybridized carbons (Fsp3) is 0.353. The number of hydrogen-bond donors (Lipinski definition) is 2. The standard InChI is InChI=1S/C17H18FNO4/c1-10-6-14(9-20)23-16(10)17(22)19-8-13(21)7-15(19)11-2-4-12(18)5-3-11/h2-6,13,15,20-21H,7-9H2,1H3/t13-,15+/m1/s1. The van der Waals surface area contributed by atoms with E-state index in [4.69, 9.17) is 9.52 Å². The number of amides is 1. The van der Waals surface area contributed by atoms with E-state index in [1.54, 1.807) is 25.1 Å². The van der Waals surface area contributed by atoms with Crippen LogP contribution in [0.25, 0.3) is 0 Å². The molecule has 1 saturated heterocycles. The molecule has 2 atom stereocenters. The molecule has 2 N–H and O–H groups in total. The molecule has 1 aliphatic heterocycles. The second-order valence-electron chi connectivity index (χ2n) is 5.80. The van der Waals surface area contributed by atoms with Gasteiger partial charge in [-0.1, -0.05) is 12.1 Å². The van der Waals surface area contributed by atoms with Crippen LogP contribution in [-0.4, -0.2) is 33.7 Å². The van der Waals surface area contributed by atoms with Gasteiger partial charge in [0.1, 0.15) is 18.2 Å². The summed E-state index contributed by atoms with van der Waals surface area (Å²) in [5, 5.41) is 19.1. The first-order valence-corrected chi connectivity index (χ1v) is 7.44. The zero-order valence-corrected chi connectivity index (χ0v) is 12.7. The number of β-amino-alcohol motifs (C(OH)–C–C–N with tert-alkyl or cyclic N) is 1. The number of halogens is 1. The van der Waals surface area contributed by atoms with Crippen molar-refractivity contribution >= 4 is 5.91 Å². The summed E-state index contributed by atoms with van der Waals surface area (Å²) in [4.78, 5) is 14.3. The van der Waals surface area contributed by atoms with E-state index >= 15 is 0 Å². The lowest BCUT2D eigenvalue weighted by Gasteiger charge is -2.24. The fourth-order valence-corrected chi connectivity index (χ4v) is 3.01. The van der Waals surface area contributed by atoms with Gasteiger partial charge in [-0.15, -0.1) is 0 Å². The molecule has 1 fully saturated rings. The molecule has 6 heteroatoms. The van der Waals surface area contributed by atoms with Gasteiger partial charge in [0.25, 0.3) is 5.91 Å². The molecule has 0 spiro atoms. The summed E-state index contributed by atoms with van der Waals surface area (Å²) in [6.07, 6.45) is -0.245. The Bertz CT molecular complexity index is 710. The maximum atomic E-state index is 13.1. The van der Waals surface area contributed by atoms with E-state index in [2.05, 4.69) is 0 Å². The normalized spacial score (nSPS) is 21.0. The minimum Gasteiger partial charge on any atom is -0.453 e. The Kier molecular flexibility index (Phi) is 4.19. The monoisotopic (exact) mass is 319 g/mol. The molecule has 0 radical (unpaired) electrons. The van der Waals surface area contributed by atoms with Crippen LogP contribution in [-0.2, 0) is 6.61 Å². The molecule has 2 heterocycles. The Hall–Kier alpha value is -2.18. The molecule has 5 nitrogen and oxygen atoms in total. The highest BCUT2D eigenvalue weighted by molar-refractivity contribution is 5.93. The number of benzene rings is 1. The zero-order chi connectivity index (χ0) is 16.6. The Balaban J connectivity index is 1.91. The van der Waals surface area contributed by atoms with Crippen LogP contribution in [0, 0.1) is 12.7 Å². The number of hydrogen-bond acceptors (Lipinski definition) is 4. The third-order valence-electron chi connectivity index (χ3n) is 4.11. The highest BCUT2D eigenvalue weighted by Crippen LogP contribution is 2.34. The molecule has 0 unspecified atom stereocenters. The van der Waals surface area contributed by atoms with Gasteiger partial charge in [-0.25, -0.2) is 4.39 Å². The van der Waals surface area contributed by atoms with Crippen LogP contribution in [0.3, 0.4) is 0 Å². The molecule has 1 aliphatic rings. The number of furan rings is 1. The second kappa shape index (κ2) is 6.14.